The molecular weight excluding hydrogens is 809 g/mol. The molecule has 0 atom stereocenters. The molecule has 2 heteroatoms. The van der Waals surface area contributed by atoms with E-state index in [0.29, 0.717) is 0 Å². The molecule has 13 rings (SSSR count). The lowest BCUT2D eigenvalue weighted by molar-refractivity contribution is 0.769. The molecule has 0 spiro atoms. The molecule has 0 saturated carbocycles. The Kier molecular flexibility index (Phi) is 9.11. The summed E-state index contributed by atoms with van der Waals surface area (Å²) in [6.07, 6.45) is 0. The molecule has 0 aliphatic heterocycles. The first-order valence-electron chi connectivity index (χ1n) is 23.2. The molecule has 1 heterocycles. The largest absolute Gasteiger partial charge is 0.310 e. The fourth-order valence-electron chi connectivity index (χ4n) is 11.0. The summed E-state index contributed by atoms with van der Waals surface area (Å²) in [5.41, 5.74) is 18.7. The van der Waals surface area contributed by atoms with Crippen molar-refractivity contribution in [2.45, 2.75) is 5.41 Å². The maximum Gasteiger partial charge on any atom is 0.0714 e. The van der Waals surface area contributed by atoms with Crippen LogP contribution in [0.15, 0.2) is 267 Å². The van der Waals surface area contributed by atoms with Crippen molar-refractivity contribution in [1.82, 2.24) is 4.57 Å². The number of fused-ring (bicyclic) bond motifs is 7. The topological polar surface area (TPSA) is 8.17 Å². The molecule has 0 unspecified atom stereocenters. The van der Waals surface area contributed by atoms with Crippen LogP contribution in [0.1, 0.15) is 22.3 Å². The van der Waals surface area contributed by atoms with E-state index < -0.39 is 5.41 Å². The molecule has 67 heavy (non-hydrogen) atoms. The molecule has 0 N–H and O–H groups in total. The second-order valence-corrected chi connectivity index (χ2v) is 17.7. The number of para-hydroxylation sites is 2. The fourth-order valence-corrected chi connectivity index (χ4v) is 11.0. The maximum absolute atomic E-state index is 2.47. The Hall–Kier alpha value is -8.72. The summed E-state index contributed by atoms with van der Waals surface area (Å²) in [6.45, 7) is 0. The zero-order chi connectivity index (χ0) is 44.3. The predicted octanol–water partition coefficient (Wildman–Crippen LogP) is 17.1. The van der Waals surface area contributed by atoms with E-state index in [4.69, 9.17) is 0 Å². The lowest BCUT2D eigenvalue weighted by Gasteiger charge is -2.35. The van der Waals surface area contributed by atoms with Gasteiger partial charge in [0.25, 0.3) is 0 Å². The molecule has 1 aliphatic carbocycles. The van der Waals surface area contributed by atoms with Gasteiger partial charge in [-0.05, 0) is 145 Å². The Labute approximate surface area is 390 Å². The van der Waals surface area contributed by atoms with Gasteiger partial charge in [0.2, 0.25) is 0 Å². The summed E-state index contributed by atoms with van der Waals surface area (Å²) in [4.78, 5) is 2.43. The van der Waals surface area contributed by atoms with E-state index in [1.54, 1.807) is 0 Å². The van der Waals surface area contributed by atoms with E-state index in [2.05, 4.69) is 276 Å². The average Bonchev–Trinajstić information content (AvgIpc) is 3.89. The third-order valence-corrected chi connectivity index (χ3v) is 14.0. The molecule has 314 valence electrons. The van der Waals surface area contributed by atoms with Crippen LogP contribution < -0.4 is 4.90 Å². The lowest BCUT2D eigenvalue weighted by atomic mass is 9.67. The lowest BCUT2D eigenvalue weighted by Crippen LogP contribution is -2.28. The first-order valence-corrected chi connectivity index (χ1v) is 23.2. The highest BCUT2D eigenvalue weighted by atomic mass is 15.1. The fraction of sp³-hybridized carbons (Fsp3) is 0.0154. The van der Waals surface area contributed by atoms with Crippen LogP contribution in [0.5, 0.6) is 0 Å². The summed E-state index contributed by atoms with van der Waals surface area (Å²) < 4.78 is 2.38. The number of hydrogen-bond donors (Lipinski definition) is 0. The minimum atomic E-state index is -0.553. The quantitative estimate of drug-likeness (QED) is 0.148. The zero-order valence-electron chi connectivity index (χ0n) is 36.8. The third kappa shape index (κ3) is 6.26. The summed E-state index contributed by atoms with van der Waals surface area (Å²) in [6, 6.07) is 98.1. The Balaban J connectivity index is 0.986. The summed E-state index contributed by atoms with van der Waals surface area (Å²) >= 11 is 0. The monoisotopic (exact) mass is 852 g/mol. The van der Waals surface area contributed by atoms with Crippen molar-refractivity contribution in [3.8, 4) is 39.1 Å². The highest BCUT2D eigenvalue weighted by Gasteiger charge is 2.46. The molecule has 0 radical (unpaired) electrons. The second kappa shape index (κ2) is 15.8. The minimum Gasteiger partial charge on any atom is -0.310 e. The van der Waals surface area contributed by atoms with E-state index in [9.17, 15) is 0 Å². The average molecular weight is 853 g/mol. The minimum absolute atomic E-state index is 0.553. The standard InChI is InChI=1S/C65H44N2/c1-5-17-45(18-6-1)46-29-34-54(35-30-46)66(55-36-31-47(32-37-55)50-33-40-64-60(42-50)58-27-15-16-28-63(58)67(64)53-25-11-4-12-26-53)56-38-39-57-59-41-48-19-13-14-20-49(48)43-61(59)65(62(57)44-56,51-21-7-2-8-22-51)52-23-9-3-10-24-52/h1-44H. The molecule has 11 aromatic carbocycles. The van der Waals surface area contributed by atoms with Gasteiger partial charge in [-0.15, -0.1) is 0 Å². The molecule has 2 nitrogen and oxygen atoms in total. The molecule has 0 amide bonds. The number of anilines is 3. The Bertz CT molecular complexity index is 3720. The van der Waals surface area contributed by atoms with E-state index in [1.165, 1.54) is 88.2 Å². The van der Waals surface area contributed by atoms with Gasteiger partial charge in [0.1, 0.15) is 0 Å². The highest BCUT2D eigenvalue weighted by molar-refractivity contribution is 6.10. The van der Waals surface area contributed by atoms with Crippen molar-refractivity contribution < 1.29 is 0 Å². The Morgan fingerprint density at radius 3 is 1.43 bits per heavy atom. The maximum atomic E-state index is 2.47. The summed E-state index contributed by atoms with van der Waals surface area (Å²) in [7, 11) is 0. The van der Waals surface area contributed by atoms with Crippen molar-refractivity contribution in [1.29, 1.82) is 0 Å². The van der Waals surface area contributed by atoms with Crippen LogP contribution in [0.25, 0.3) is 71.6 Å². The number of benzene rings is 11. The van der Waals surface area contributed by atoms with Gasteiger partial charge < -0.3 is 9.47 Å². The number of nitrogens with zero attached hydrogens (tertiary/aromatic N) is 2. The smallest absolute Gasteiger partial charge is 0.0714 e. The first kappa shape index (κ1) is 38.7. The Morgan fingerprint density at radius 1 is 0.299 bits per heavy atom. The Morgan fingerprint density at radius 2 is 0.776 bits per heavy atom. The van der Waals surface area contributed by atoms with Gasteiger partial charge in [-0.2, -0.15) is 0 Å². The van der Waals surface area contributed by atoms with Gasteiger partial charge in [-0.25, -0.2) is 0 Å². The van der Waals surface area contributed by atoms with Crippen LogP contribution in [0, 0.1) is 0 Å². The first-order chi connectivity index (χ1) is 33.2. The molecule has 12 aromatic rings. The molecule has 1 aliphatic rings. The van der Waals surface area contributed by atoms with Crippen LogP contribution in [-0.2, 0) is 5.41 Å². The van der Waals surface area contributed by atoms with Gasteiger partial charge in [-0.3, -0.25) is 0 Å². The van der Waals surface area contributed by atoms with E-state index in [0.717, 1.165) is 22.7 Å². The van der Waals surface area contributed by atoms with Crippen molar-refractivity contribution in [2.24, 2.45) is 0 Å². The van der Waals surface area contributed by atoms with Crippen LogP contribution in [0.4, 0.5) is 17.1 Å². The molecular formula is C65H44N2. The highest BCUT2D eigenvalue weighted by Crippen LogP contribution is 2.58. The van der Waals surface area contributed by atoms with Gasteiger partial charge in [0.05, 0.1) is 16.4 Å². The van der Waals surface area contributed by atoms with Crippen LogP contribution in [0.2, 0.25) is 0 Å². The molecule has 0 bridgehead atoms. The number of hydrogen-bond acceptors (Lipinski definition) is 1. The normalized spacial score (nSPS) is 12.6. The van der Waals surface area contributed by atoms with Crippen molar-refractivity contribution in [3.63, 3.8) is 0 Å². The summed E-state index contributed by atoms with van der Waals surface area (Å²) in [5, 5.41) is 4.98. The van der Waals surface area contributed by atoms with Crippen molar-refractivity contribution in [2.75, 3.05) is 4.90 Å². The molecule has 0 saturated heterocycles. The zero-order valence-corrected chi connectivity index (χ0v) is 36.8. The van der Waals surface area contributed by atoms with Crippen LogP contribution in [0.3, 0.4) is 0 Å². The second-order valence-electron chi connectivity index (χ2n) is 17.7. The van der Waals surface area contributed by atoms with E-state index in [1.807, 2.05) is 0 Å². The van der Waals surface area contributed by atoms with Crippen LogP contribution in [-0.4, -0.2) is 4.57 Å². The molecule has 0 fully saturated rings. The van der Waals surface area contributed by atoms with E-state index >= 15 is 0 Å². The number of rotatable bonds is 8. The van der Waals surface area contributed by atoms with Crippen molar-refractivity contribution >= 4 is 49.6 Å². The predicted molar refractivity (Wildman–Crippen MR) is 281 cm³/mol. The van der Waals surface area contributed by atoms with Crippen LogP contribution >= 0.6 is 0 Å². The van der Waals surface area contributed by atoms with E-state index in [-0.39, 0.29) is 0 Å². The number of aromatic nitrogens is 1. The SMILES string of the molecule is c1ccc(-c2ccc(N(c3ccc(-c4ccc5c(c4)c4ccccc4n5-c4ccccc4)cc3)c3ccc4c(c3)C(c3ccccc3)(c3ccccc3)c3cc5ccccc5cc3-4)cc2)cc1. The van der Waals surface area contributed by atoms with Crippen molar-refractivity contribution in [3.05, 3.63) is 289 Å². The van der Waals surface area contributed by atoms with Gasteiger partial charge in [0, 0.05) is 33.5 Å². The van der Waals surface area contributed by atoms with Gasteiger partial charge in [0.15, 0.2) is 0 Å². The van der Waals surface area contributed by atoms with Gasteiger partial charge in [-0.1, -0.05) is 188 Å². The molecule has 1 aromatic heterocycles. The van der Waals surface area contributed by atoms with Gasteiger partial charge >= 0.3 is 0 Å². The summed E-state index contributed by atoms with van der Waals surface area (Å²) in [5.74, 6) is 0. The third-order valence-electron chi connectivity index (χ3n) is 14.0.